The third-order valence-electron chi connectivity index (χ3n) is 2.92. The third kappa shape index (κ3) is 2.71. The highest BCUT2D eigenvalue weighted by Gasteiger charge is 2.03. The van der Waals surface area contributed by atoms with Crippen LogP contribution in [0.1, 0.15) is 5.56 Å². The summed E-state index contributed by atoms with van der Waals surface area (Å²) in [4.78, 5) is 4.31. The minimum absolute atomic E-state index is 0.221. The van der Waals surface area contributed by atoms with Crippen LogP contribution in [-0.2, 0) is 6.54 Å². The number of nitrogens with one attached hydrogen (secondary N) is 2. The smallest absolute Gasteiger partial charge is 0.198 e. The van der Waals surface area contributed by atoms with Gasteiger partial charge in [-0.15, -0.1) is 0 Å². The fourth-order valence-corrected chi connectivity index (χ4v) is 2.72. The Kier molecular flexibility index (Phi) is 3.49. The molecule has 0 spiro atoms. The second kappa shape index (κ2) is 5.44. The van der Waals surface area contributed by atoms with Gasteiger partial charge in [0.2, 0.25) is 0 Å². The van der Waals surface area contributed by atoms with Crippen molar-refractivity contribution in [3.05, 3.63) is 53.8 Å². The lowest BCUT2D eigenvalue weighted by Crippen LogP contribution is -2.05. The van der Waals surface area contributed by atoms with E-state index in [2.05, 4.69) is 15.7 Å². The molecular weight excluding hydrogens is 275 g/mol. The van der Waals surface area contributed by atoms with Crippen LogP contribution in [0.5, 0.6) is 0 Å². The summed E-state index contributed by atoms with van der Waals surface area (Å²) >= 11 is 1.50. The first-order valence-corrected chi connectivity index (χ1v) is 6.92. The maximum absolute atomic E-state index is 12.8. The van der Waals surface area contributed by atoms with Crippen molar-refractivity contribution in [2.75, 3.05) is 10.7 Å². The summed E-state index contributed by atoms with van der Waals surface area (Å²) in [6, 6.07) is 12.4. The molecule has 0 unspecified atom stereocenters. The molecule has 0 saturated heterocycles. The third-order valence-corrected chi connectivity index (χ3v) is 3.87. The average molecular weight is 288 g/mol. The van der Waals surface area contributed by atoms with Gasteiger partial charge in [0.15, 0.2) is 5.13 Å². The van der Waals surface area contributed by atoms with Crippen molar-refractivity contribution in [1.29, 1.82) is 0 Å². The van der Waals surface area contributed by atoms with Gasteiger partial charge in [0.05, 0.1) is 10.2 Å². The molecule has 102 valence electrons. The topological polar surface area (TPSA) is 63.0 Å². The Hall–Kier alpha value is -2.18. The fourth-order valence-electron chi connectivity index (χ4n) is 1.90. The van der Waals surface area contributed by atoms with Gasteiger partial charge in [-0.1, -0.05) is 23.5 Å². The molecule has 3 aromatic rings. The van der Waals surface area contributed by atoms with E-state index in [4.69, 9.17) is 5.84 Å². The van der Waals surface area contributed by atoms with Gasteiger partial charge < -0.3 is 5.32 Å². The molecule has 4 nitrogen and oxygen atoms in total. The molecule has 0 radical (unpaired) electrons. The Morgan fingerprint density at radius 1 is 1.15 bits per heavy atom. The standard InChI is InChI=1S/C14H13FN4S/c15-10-3-1-9(2-4-10)8-17-11-5-6-12-13(7-11)20-14(18-12)19-16/h1-7,17H,8,16H2,(H,18,19). The number of hydrogen-bond acceptors (Lipinski definition) is 5. The highest BCUT2D eigenvalue weighted by molar-refractivity contribution is 7.22. The molecule has 0 bridgehead atoms. The largest absolute Gasteiger partial charge is 0.381 e. The predicted octanol–water partition coefficient (Wildman–Crippen LogP) is 3.33. The van der Waals surface area contributed by atoms with Crippen LogP contribution in [0.15, 0.2) is 42.5 Å². The molecule has 2 aromatic carbocycles. The number of nitrogen functional groups attached to an aromatic ring is 1. The van der Waals surface area contributed by atoms with Gasteiger partial charge in [-0.25, -0.2) is 15.2 Å². The maximum Gasteiger partial charge on any atom is 0.198 e. The van der Waals surface area contributed by atoms with Crippen molar-refractivity contribution >= 4 is 32.4 Å². The zero-order valence-electron chi connectivity index (χ0n) is 10.6. The number of thiazole rings is 1. The molecule has 0 atom stereocenters. The number of nitrogens with two attached hydrogens (primary N) is 1. The van der Waals surface area contributed by atoms with E-state index in [9.17, 15) is 4.39 Å². The highest BCUT2D eigenvalue weighted by Crippen LogP contribution is 2.27. The SMILES string of the molecule is NNc1nc2ccc(NCc3ccc(F)cc3)cc2s1. The average Bonchev–Trinajstić information content (AvgIpc) is 2.89. The van der Waals surface area contributed by atoms with Crippen molar-refractivity contribution in [1.82, 2.24) is 4.98 Å². The molecule has 1 heterocycles. The summed E-state index contributed by atoms with van der Waals surface area (Å²) in [6.07, 6.45) is 0. The lowest BCUT2D eigenvalue weighted by molar-refractivity contribution is 0.627. The number of hydrogen-bond donors (Lipinski definition) is 3. The van der Waals surface area contributed by atoms with Crippen molar-refractivity contribution in [3.8, 4) is 0 Å². The van der Waals surface area contributed by atoms with Gasteiger partial charge in [0, 0.05) is 12.2 Å². The Morgan fingerprint density at radius 3 is 2.70 bits per heavy atom. The van der Waals surface area contributed by atoms with E-state index in [1.165, 1.54) is 23.5 Å². The molecule has 6 heteroatoms. The van der Waals surface area contributed by atoms with E-state index in [-0.39, 0.29) is 5.82 Å². The molecule has 0 amide bonds. The summed E-state index contributed by atoms with van der Waals surface area (Å²) in [5.74, 6) is 5.13. The summed E-state index contributed by atoms with van der Waals surface area (Å²) in [5.41, 5.74) is 5.49. The van der Waals surface area contributed by atoms with Crippen molar-refractivity contribution in [2.24, 2.45) is 5.84 Å². The number of aromatic nitrogens is 1. The van der Waals surface area contributed by atoms with Crippen LogP contribution in [0.3, 0.4) is 0 Å². The van der Waals surface area contributed by atoms with Crippen molar-refractivity contribution < 1.29 is 4.39 Å². The van der Waals surface area contributed by atoms with E-state index in [0.717, 1.165) is 21.5 Å². The zero-order valence-corrected chi connectivity index (χ0v) is 11.4. The second-order valence-corrected chi connectivity index (χ2v) is 5.36. The van der Waals surface area contributed by atoms with Gasteiger partial charge in [0.25, 0.3) is 0 Å². The van der Waals surface area contributed by atoms with E-state index in [0.29, 0.717) is 11.7 Å². The number of halogens is 1. The molecule has 0 fully saturated rings. The first-order valence-electron chi connectivity index (χ1n) is 6.10. The van der Waals surface area contributed by atoms with E-state index in [1.807, 2.05) is 18.2 Å². The normalized spacial score (nSPS) is 10.7. The Balaban J connectivity index is 1.75. The Morgan fingerprint density at radius 2 is 1.95 bits per heavy atom. The van der Waals surface area contributed by atoms with E-state index in [1.54, 1.807) is 12.1 Å². The van der Waals surface area contributed by atoms with Crippen LogP contribution in [0.25, 0.3) is 10.2 Å². The molecular formula is C14H13FN4S. The van der Waals surface area contributed by atoms with Crippen LogP contribution in [-0.4, -0.2) is 4.98 Å². The van der Waals surface area contributed by atoms with Gasteiger partial charge in [0.1, 0.15) is 5.82 Å². The summed E-state index contributed by atoms with van der Waals surface area (Å²) in [6.45, 7) is 0.645. The first-order chi connectivity index (χ1) is 9.74. The number of rotatable bonds is 4. The molecule has 0 saturated carbocycles. The quantitative estimate of drug-likeness (QED) is 0.509. The minimum atomic E-state index is -0.221. The van der Waals surface area contributed by atoms with Gasteiger partial charge in [-0.05, 0) is 35.9 Å². The molecule has 3 rings (SSSR count). The number of fused-ring (bicyclic) bond motifs is 1. The Bertz CT molecular complexity index is 724. The molecule has 4 N–H and O–H groups in total. The molecule has 0 aliphatic rings. The molecule has 0 aliphatic carbocycles. The van der Waals surface area contributed by atoms with Crippen LogP contribution >= 0.6 is 11.3 Å². The number of nitrogens with zero attached hydrogens (tertiary/aromatic N) is 1. The molecule has 0 aliphatic heterocycles. The predicted molar refractivity (Wildman–Crippen MR) is 81.2 cm³/mol. The lowest BCUT2D eigenvalue weighted by atomic mass is 10.2. The number of anilines is 2. The maximum atomic E-state index is 12.8. The highest BCUT2D eigenvalue weighted by atomic mass is 32.1. The summed E-state index contributed by atoms with van der Waals surface area (Å²) < 4.78 is 13.9. The molecule has 1 aromatic heterocycles. The molecule has 20 heavy (non-hydrogen) atoms. The minimum Gasteiger partial charge on any atom is -0.381 e. The van der Waals surface area contributed by atoms with Crippen LogP contribution < -0.4 is 16.6 Å². The Labute approximate surface area is 119 Å². The van der Waals surface area contributed by atoms with E-state index >= 15 is 0 Å². The fraction of sp³-hybridized carbons (Fsp3) is 0.0714. The van der Waals surface area contributed by atoms with Crippen molar-refractivity contribution in [3.63, 3.8) is 0 Å². The van der Waals surface area contributed by atoms with Crippen LogP contribution in [0.4, 0.5) is 15.2 Å². The van der Waals surface area contributed by atoms with Gasteiger partial charge in [-0.3, -0.25) is 5.43 Å². The van der Waals surface area contributed by atoms with Crippen LogP contribution in [0, 0.1) is 5.82 Å². The first kappa shape index (κ1) is 12.8. The van der Waals surface area contributed by atoms with Gasteiger partial charge in [-0.2, -0.15) is 0 Å². The van der Waals surface area contributed by atoms with Gasteiger partial charge >= 0.3 is 0 Å². The van der Waals surface area contributed by atoms with E-state index < -0.39 is 0 Å². The summed E-state index contributed by atoms with van der Waals surface area (Å²) in [5, 5.41) is 4.00. The zero-order chi connectivity index (χ0) is 13.9. The van der Waals surface area contributed by atoms with Crippen LogP contribution in [0.2, 0.25) is 0 Å². The van der Waals surface area contributed by atoms with Crippen molar-refractivity contribution in [2.45, 2.75) is 6.54 Å². The number of benzene rings is 2. The lowest BCUT2D eigenvalue weighted by Gasteiger charge is -2.06. The number of hydrazine groups is 1. The summed E-state index contributed by atoms with van der Waals surface area (Å²) in [7, 11) is 0. The monoisotopic (exact) mass is 288 g/mol. The second-order valence-electron chi connectivity index (χ2n) is 4.33.